The molecule has 2 aliphatic rings. The van der Waals surface area contributed by atoms with E-state index in [0.717, 1.165) is 39.1 Å². The molecule has 4 rings (SSSR count). The minimum Gasteiger partial charge on any atom is -0.493 e. The molecule has 2 fully saturated rings. The van der Waals surface area contributed by atoms with E-state index in [2.05, 4.69) is 10.2 Å². The first-order valence-corrected chi connectivity index (χ1v) is 11.7. The third kappa shape index (κ3) is 5.06. The molecule has 0 saturated carbocycles. The Kier molecular flexibility index (Phi) is 7.29. The van der Waals surface area contributed by atoms with Crippen LogP contribution in [0.5, 0.6) is 11.5 Å². The van der Waals surface area contributed by atoms with E-state index in [-0.39, 0.29) is 11.8 Å². The summed E-state index contributed by atoms with van der Waals surface area (Å²) >= 11 is 1.34. The molecule has 0 bridgehead atoms. The maximum absolute atomic E-state index is 13.4. The zero-order chi connectivity index (χ0) is 22.5. The fourth-order valence-electron chi connectivity index (χ4n) is 4.13. The van der Waals surface area contributed by atoms with Crippen molar-refractivity contribution in [3.8, 4) is 11.5 Å². The van der Waals surface area contributed by atoms with Crippen LogP contribution in [0.1, 0.15) is 32.9 Å². The van der Waals surface area contributed by atoms with Crippen LogP contribution in [-0.4, -0.2) is 81.3 Å². The lowest BCUT2D eigenvalue weighted by Gasteiger charge is -2.36. The summed E-state index contributed by atoms with van der Waals surface area (Å²) in [5, 5.41) is 4.72. The molecular formula is C23H29N3O5S. The molecule has 0 radical (unpaired) electrons. The topological polar surface area (TPSA) is 80.3 Å². The van der Waals surface area contributed by atoms with Crippen molar-refractivity contribution >= 4 is 28.8 Å². The second-order valence-electron chi connectivity index (χ2n) is 7.91. The Morgan fingerprint density at radius 2 is 1.91 bits per heavy atom. The lowest BCUT2D eigenvalue weighted by atomic mass is 10.1. The van der Waals surface area contributed by atoms with E-state index in [9.17, 15) is 9.59 Å². The van der Waals surface area contributed by atoms with Crippen molar-refractivity contribution in [2.75, 3.05) is 58.9 Å². The Morgan fingerprint density at radius 3 is 2.53 bits per heavy atom. The molecule has 2 saturated heterocycles. The number of methoxy groups -OCH3 is 2. The summed E-state index contributed by atoms with van der Waals surface area (Å²) in [6, 6.07) is 6.85. The second kappa shape index (κ2) is 10.3. The van der Waals surface area contributed by atoms with Gasteiger partial charge in [0.05, 0.1) is 36.5 Å². The first-order chi connectivity index (χ1) is 15.6. The molecule has 1 unspecified atom stereocenters. The normalized spacial score (nSPS) is 19.1. The summed E-state index contributed by atoms with van der Waals surface area (Å²) in [6.45, 7) is 4.62. The molecule has 1 N–H and O–H groups in total. The van der Waals surface area contributed by atoms with Crippen LogP contribution in [0.4, 0.5) is 5.69 Å². The van der Waals surface area contributed by atoms with Crippen LogP contribution in [0.2, 0.25) is 0 Å². The van der Waals surface area contributed by atoms with E-state index >= 15 is 0 Å². The number of piperazine rings is 1. The molecular weight excluding hydrogens is 430 g/mol. The Bertz CT molecular complexity index is 935. The molecule has 8 nitrogen and oxygen atoms in total. The van der Waals surface area contributed by atoms with E-state index < -0.39 is 0 Å². The fourth-order valence-corrected chi connectivity index (χ4v) is 4.75. The molecule has 32 heavy (non-hydrogen) atoms. The fraction of sp³-hybridized carbons (Fsp3) is 0.478. The van der Waals surface area contributed by atoms with Gasteiger partial charge in [-0.15, -0.1) is 11.3 Å². The van der Waals surface area contributed by atoms with Crippen molar-refractivity contribution in [1.29, 1.82) is 0 Å². The van der Waals surface area contributed by atoms with Gasteiger partial charge in [-0.1, -0.05) is 6.07 Å². The summed E-state index contributed by atoms with van der Waals surface area (Å²) < 4.78 is 16.5. The first kappa shape index (κ1) is 22.6. The van der Waals surface area contributed by atoms with Crippen LogP contribution in [-0.2, 0) is 4.74 Å². The Morgan fingerprint density at radius 1 is 1.16 bits per heavy atom. The highest BCUT2D eigenvalue weighted by molar-refractivity contribution is 7.12. The van der Waals surface area contributed by atoms with Crippen molar-refractivity contribution in [3.05, 3.63) is 40.1 Å². The van der Waals surface area contributed by atoms with Crippen molar-refractivity contribution in [2.45, 2.75) is 18.9 Å². The monoisotopic (exact) mass is 459 g/mol. The molecule has 0 aliphatic carbocycles. The molecule has 9 heteroatoms. The number of ether oxygens (including phenoxy) is 3. The third-order valence-electron chi connectivity index (χ3n) is 5.89. The summed E-state index contributed by atoms with van der Waals surface area (Å²) in [7, 11) is 3.05. The molecule has 2 aromatic rings. The van der Waals surface area contributed by atoms with Crippen LogP contribution < -0.4 is 14.8 Å². The lowest BCUT2D eigenvalue weighted by Crippen LogP contribution is -2.50. The average molecular weight is 460 g/mol. The van der Waals surface area contributed by atoms with Gasteiger partial charge in [0.2, 0.25) is 0 Å². The molecule has 2 aliphatic heterocycles. The summed E-state index contributed by atoms with van der Waals surface area (Å²) in [4.78, 5) is 30.9. The smallest absolute Gasteiger partial charge is 0.265 e. The highest BCUT2D eigenvalue weighted by Crippen LogP contribution is 2.34. The number of anilines is 1. The van der Waals surface area contributed by atoms with Gasteiger partial charge in [0.25, 0.3) is 11.8 Å². The Balaban J connectivity index is 1.50. The number of amides is 2. The maximum Gasteiger partial charge on any atom is 0.265 e. The lowest BCUT2D eigenvalue weighted by molar-refractivity contribution is 0.0433. The van der Waals surface area contributed by atoms with Gasteiger partial charge in [0.15, 0.2) is 11.5 Å². The number of hydrogen-bond acceptors (Lipinski definition) is 7. The Labute approximate surface area is 192 Å². The predicted molar refractivity (Wildman–Crippen MR) is 123 cm³/mol. The molecule has 3 heterocycles. The van der Waals surface area contributed by atoms with Crippen molar-refractivity contribution < 1.29 is 23.8 Å². The number of nitrogens with one attached hydrogen (secondary N) is 1. The van der Waals surface area contributed by atoms with Gasteiger partial charge in [-0.3, -0.25) is 14.5 Å². The summed E-state index contributed by atoms with van der Waals surface area (Å²) in [6.07, 6.45) is 2.54. The summed E-state index contributed by atoms with van der Waals surface area (Å²) in [5.74, 6) is 0.501. The number of benzene rings is 1. The van der Waals surface area contributed by atoms with Crippen LogP contribution in [0.25, 0.3) is 0 Å². The van der Waals surface area contributed by atoms with Crippen molar-refractivity contribution in [1.82, 2.24) is 9.80 Å². The second-order valence-corrected chi connectivity index (χ2v) is 8.86. The van der Waals surface area contributed by atoms with E-state index in [1.807, 2.05) is 16.3 Å². The van der Waals surface area contributed by atoms with E-state index in [0.29, 0.717) is 46.8 Å². The zero-order valence-corrected chi connectivity index (χ0v) is 19.3. The van der Waals surface area contributed by atoms with Crippen LogP contribution in [0.15, 0.2) is 29.6 Å². The Hall–Kier alpha value is -2.62. The predicted octanol–water partition coefficient (Wildman–Crippen LogP) is 2.95. The van der Waals surface area contributed by atoms with Crippen molar-refractivity contribution in [3.63, 3.8) is 0 Å². The van der Waals surface area contributed by atoms with Gasteiger partial charge in [-0.05, 0) is 30.4 Å². The average Bonchev–Trinajstić information content (AvgIpc) is 3.53. The number of thiophene rings is 1. The number of nitrogens with zero attached hydrogens (tertiary/aromatic N) is 2. The first-order valence-electron chi connectivity index (χ1n) is 10.8. The van der Waals surface area contributed by atoms with Crippen LogP contribution >= 0.6 is 11.3 Å². The van der Waals surface area contributed by atoms with Gasteiger partial charge >= 0.3 is 0 Å². The highest BCUT2D eigenvalue weighted by Gasteiger charge is 2.28. The molecule has 1 aromatic heterocycles. The van der Waals surface area contributed by atoms with Gasteiger partial charge in [0, 0.05) is 45.4 Å². The highest BCUT2D eigenvalue weighted by atomic mass is 32.1. The SMILES string of the molecule is COc1cc(NC(=O)c2cccs2)c(C(=O)N2CCN(CC3CCCO3)CC2)cc1OC. The van der Waals surface area contributed by atoms with E-state index in [1.54, 1.807) is 18.2 Å². The molecule has 172 valence electrons. The quantitative estimate of drug-likeness (QED) is 0.686. The van der Waals surface area contributed by atoms with Crippen LogP contribution in [0, 0.1) is 0 Å². The van der Waals surface area contributed by atoms with Gasteiger partial charge in [-0.25, -0.2) is 0 Å². The molecule has 2 amide bonds. The zero-order valence-electron chi connectivity index (χ0n) is 18.5. The van der Waals surface area contributed by atoms with E-state index in [4.69, 9.17) is 14.2 Å². The minimum absolute atomic E-state index is 0.135. The van der Waals surface area contributed by atoms with Gasteiger partial charge in [0.1, 0.15) is 0 Å². The van der Waals surface area contributed by atoms with E-state index in [1.165, 1.54) is 25.6 Å². The maximum atomic E-state index is 13.4. The minimum atomic E-state index is -0.261. The summed E-state index contributed by atoms with van der Waals surface area (Å²) in [5.41, 5.74) is 0.799. The number of carbonyl (C=O) groups excluding carboxylic acids is 2. The molecule has 1 aromatic carbocycles. The number of hydrogen-bond donors (Lipinski definition) is 1. The van der Waals surface area contributed by atoms with Crippen LogP contribution in [0.3, 0.4) is 0 Å². The number of carbonyl (C=O) groups is 2. The standard InChI is InChI=1S/C23H29N3O5S/c1-29-19-13-17(18(14-20(19)30-2)24-22(27)21-6-4-12-32-21)23(28)26-9-7-25(8-10-26)15-16-5-3-11-31-16/h4,6,12-14,16H,3,5,7-11,15H2,1-2H3,(H,24,27). The molecule has 0 spiro atoms. The van der Waals surface area contributed by atoms with Crippen molar-refractivity contribution in [2.24, 2.45) is 0 Å². The van der Waals surface area contributed by atoms with Gasteiger partial charge < -0.3 is 24.4 Å². The largest absolute Gasteiger partial charge is 0.493 e. The molecule has 1 atom stereocenters. The van der Waals surface area contributed by atoms with Gasteiger partial charge in [-0.2, -0.15) is 0 Å². The third-order valence-corrected chi connectivity index (χ3v) is 6.76. The number of rotatable bonds is 7.